The van der Waals surface area contributed by atoms with Crippen molar-refractivity contribution < 1.29 is 9.53 Å². The van der Waals surface area contributed by atoms with Crippen LogP contribution in [-0.2, 0) is 4.79 Å². The SMILES string of the molecule is Cc1ccccc1OC(C)CNC(=O)C1CC2CCCCC2N1.Cl. The second-order valence-electron chi connectivity index (χ2n) is 7.05. The molecule has 24 heavy (non-hydrogen) atoms. The van der Waals surface area contributed by atoms with Crippen LogP contribution in [0.5, 0.6) is 5.75 Å². The molecule has 1 amide bonds. The molecule has 1 heterocycles. The van der Waals surface area contributed by atoms with Gasteiger partial charge in [-0.2, -0.15) is 0 Å². The number of nitrogens with one attached hydrogen (secondary N) is 2. The molecule has 0 radical (unpaired) electrons. The fourth-order valence-electron chi connectivity index (χ4n) is 3.84. The van der Waals surface area contributed by atoms with Crippen LogP contribution < -0.4 is 15.4 Å². The van der Waals surface area contributed by atoms with Crippen molar-refractivity contribution in [3.63, 3.8) is 0 Å². The Bertz CT molecular complexity index is 538. The van der Waals surface area contributed by atoms with Crippen molar-refractivity contribution in [1.82, 2.24) is 10.6 Å². The number of hydrogen-bond donors (Lipinski definition) is 2. The fraction of sp³-hybridized carbons (Fsp3) is 0.632. The molecule has 1 saturated carbocycles. The van der Waals surface area contributed by atoms with Gasteiger partial charge in [0, 0.05) is 6.04 Å². The highest BCUT2D eigenvalue weighted by atomic mass is 35.5. The Kier molecular flexibility index (Phi) is 6.93. The van der Waals surface area contributed by atoms with Gasteiger partial charge in [-0.25, -0.2) is 0 Å². The standard InChI is InChI=1S/C19H28N2O2.ClH/c1-13-7-3-6-10-18(13)23-14(2)12-20-19(22)17-11-15-8-4-5-9-16(15)21-17;/h3,6-7,10,14-17,21H,4-5,8-9,11-12H2,1-2H3,(H,20,22);1H. The van der Waals surface area contributed by atoms with E-state index in [9.17, 15) is 4.79 Å². The largest absolute Gasteiger partial charge is 0.489 e. The van der Waals surface area contributed by atoms with Crippen molar-refractivity contribution >= 4 is 18.3 Å². The van der Waals surface area contributed by atoms with E-state index in [0.717, 1.165) is 17.7 Å². The van der Waals surface area contributed by atoms with E-state index in [1.807, 2.05) is 38.1 Å². The minimum absolute atomic E-state index is 0. The lowest BCUT2D eigenvalue weighted by atomic mass is 9.85. The monoisotopic (exact) mass is 352 g/mol. The maximum absolute atomic E-state index is 12.4. The summed E-state index contributed by atoms with van der Waals surface area (Å²) in [6.07, 6.45) is 6.06. The van der Waals surface area contributed by atoms with Gasteiger partial charge in [0.15, 0.2) is 0 Å². The van der Waals surface area contributed by atoms with Crippen molar-refractivity contribution in [1.29, 1.82) is 0 Å². The van der Waals surface area contributed by atoms with Crippen LogP contribution in [0.3, 0.4) is 0 Å². The first-order chi connectivity index (χ1) is 11.1. The van der Waals surface area contributed by atoms with Gasteiger partial charge in [0.1, 0.15) is 11.9 Å². The van der Waals surface area contributed by atoms with Crippen LogP contribution in [0, 0.1) is 12.8 Å². The Morgan fingerprint density at radius 3 is 2.83 bits per heavy atom. The topological polar surface area (TPSA) is 50.4 Å². The predicted octanol–water partition coefficient (Wildman–Crippen LogP) is 3.22. The maximum atomic E-state index is 12.4. The number of para-hydroxylation sites is 1. The molecule has 1 aliphatic carbocycles. The smallest absolute Gasteiger partial charge is 0.237 e. The van der Waals surface area contributed by atoms with Gasteiger partial charge in [0.05, 0.1) is 12.6 Å². The third kappa shape index (κ3) is 4.64. The Morgan fingerprint density at radius 1 is 1.33 bits per heavy atom. The highest BCUT2D eigenvalue weighted by molar-refractivity contribution is 5.85. The van der Waals surface area contributed by atoms with E-state index >= 15 is 0 Å². The first-order valence-electron chi connectivity index (χ1n) is 8.89. The lowest BCUT2D eigenvalue weighted by molar-refractivity contribution is -0.123. The van der Waals surface area contributed by atoms with Gasteiger partial charge in [-0.05, 0) is 50.7 Å². The molecule has 0 bridgehead atoms. The van der Waals surface area contributed by atoms with Gasteiger partial charge in [0.2, 0.25) is 5.91 Å². The second kappa shape index (κ2) is 8.72. The summed E-state index contributed by atoms with van der Waals surface area (Å²) in [5.41, 5.74) is 1.12. The van der Waals surface area contributed by atoms with Crippen LogP contribution >= 0.6 is 12.4 Å². The average molecular weight is 353 g/mol. The third-order valence-corrected chi connectivity index (χ3v) is 5.16. The molecule has 1 aromatic carbocycles. The molecule has 5 heteroatoms. The Hall–Kier alpha value is -1.26. The van der Waals surface area contributed by atoms with Crippen molar-refractivity contribution in [2.45, 2.75) is 64.1 Å². The van der Waals surface area contributed by atoms with Gasteiger partial charge in [-0.1, -0.05) is 31.0 Å². The van der Waals surface area contributed by atoms with E-state index in [1.54, 1.807) is 0 Å². The zero-order valence-electron chi connectivity index (χ0n) is 14.6. The lowest BCUT2D eigenvalue weighted by Gasteiger charge is -2.24. The number of ether oxygens (including phenoxy) is 1. The average Bonchev–Trinajstić information content (AvgIpc) is 2.99. The van der Waals surface area contributed by atoms with Crippen LogP contribution in [0.2, 0.25) is 0 Å². The molecule has 2 fully saturated rings. The number of hydrogen-bond acceptors (Lipinski definition) is 3. The van der Waals surface area contributed by atoms with Crippen LogP contribution in [0.1, 0.15) is 44.6 Å². The van der Waals surface area contributed by atoms with E-state index in [0.29, 0.717) is 18.5 Å². The molecule has 1 aromatic rings. The first kappa shape index (κ1) is 19.1. The van der Waals surface area contributed by atoms with E-state index in [-0.39, 0.29) is 30.5 Å². The number of rotatable bonds is 5. The number of amides is 1. The molecule has 3 rings (SSSR count). The summed E-state index contributed by atoms with van der Waals surface area (Å²) in [6.45, 7) is 4.57. The maximum Gasteiger partial charge on any atom is 0.237 e. The summed E-state index contributed by atoms with van der Waals surface area (Å²) in [6, 6.07) is 8.51. The summed E-state index contributed by atoms with van der Waals surface area (Å²) >= 11 is 0. The van der Waals surface area contributed by atoms with Crippen LogP contribution in [0.15, 0.2) is 24.3 Å². The predicted molar refractivity (Wildman–Crippen MR) is 98.8 cm³/mol. The summed E-state index contributed by atoms with van der Waals surface area (Å²) in [4.78, 5) is 12.4. The highest BCUT2D eigenvalue weighted by Gasteiger charge is 2.38. The minimum Gasteiger partial charge on any atom is -0.489 e. The normalized spacial score (nSPS) is 26.8. The van der Waals surface area contributed by atoms with Gasteiger partial charge >= 0.3 is 0 Å². The summed E-state index contributed by atoms with van der Waals surface area (Å²) in [5, 5.41) is 6.57. The molecule has 0 spiro atoms. The molecule has 4 atom stereocenters. The zero-order chi connectivity index (χ0) is 16.2. The first-order valence-corrected chi connectivity index (χ1v) is 8.89. The van der Waals surface area contributed by atoms with Gasteiger partial charge in [0.25, 0.3) is 0 Å². The van der Waals surface area contributed by atoms with Gasteiger partial charge in [-0.15, -0.1) is 12.4 Å². The lowest BCUT2D eigenvalue weighted by Crippen LogP contribution is -2.45. The molecule has 4 nitrogen and oxygen atoms in total. The summed E-state index contributed by atoms with van der Waals surface area (Å²) in [7, 11) is 0. The van der Waals surface area contributed by atoms with E-state index in [2.05, 4.69) is 10.6 Å². The highest BCUT2D eigenvalue weighted by Crippen LogP contribution is 2.33. The Morgan fingerprint density at radius 2 is 2.08 bits per heavy atom. The number of fused-ring (bicyclic) bond motifs is 1. The summed E-state index contributed by atoms with van der Waals surface area (Å²) < 4.78 is 5.92. The second-order valence-corrected chi connectivity index (χ2v) is 7.05. The van der Waals surface area contributed by atoms with E-state index in [1.165, 1.54) is 25.7 Å². The molecule has 2 aliphatic rings. The van der Waals surface area contributed by atoms with E-state index in [4.69, 9.17) is 4.74 Å². The summed E-state index contributed by atoms with van der Waals surface area (Å²) in [5.74, 6) is 1.71. The minimum atomic E-state index is -0.0382. The van der Waals surface area contributed by atoms with Crippen molar-refractivity contribution in [2.75, 3.05) is 6.54 Å². The van der Waals surface area contributed by atoms with Gasteiger partial charge in [-0.3, -0.25) is 4.79 Å². The molecule has 2 N–H and O–H groups in total. The fourth-order valence-corrected chi connectivity index (χ4v) is 3.84. The van der Waals surface area contributed by atoms with Crippen molar-refractivity contribution in [3.8, 4) is 5.75 Å². The van der Waals surface area contributed by atoms with Gasteiger partial charge < -0.3 is 15.4 Å². The van der Waals surface area contributed by atoms with E-state index < -0.39 is 0 Å². The Labute approximate surface area is 151 Å². The zero-order valence-corrected chi connectivity index (χ0v) is 15.4. The number of carbonyl (C=O) groups excluding carboxylic acids is 1. The number of aryl methyl sites for hydroxylation is 1. The van der Waals surface area contributed by atoms with Crippen molar-refractivity contribution in [3.05, 3.63) is 29.8 Å². The van der Waals surface area contributed by atoms with Crippen LogP contribution in [0.25, 0.3) is 0 Å². The number of carbonyl (C=O) groups is 1. The molecule has 0 aromatic heterocycles. The quantitative estimate of drug-likeness (QED) is 0.855. The molecule has 134 valence electrons. The molecule has 4 unspecified atom stereocenters. The molecule has 1 saturated heterocycles. The molecular weight excluding hydrogens is 324 g/mol. The third-order valence-electron chi connectivity index (χ3n) is 5.16. The molecular formula is C19H29ClN2O2. The number of halogens is 1. The van der Waals surface area contributed by atoms with Crippen LogP contribution in [-0.4, -0.2) is 30.6 Å². The van der Waals surface area contributed by atoms with Crippen molar-refractivity contribution in [2.24, 2.45) is 5.92 Å². The van der Waals surface area contributed by atoms with Crippen LogP contribution in [0.4, 0.5) is 0 Å². The Balaban J connectivity index is 0.00000208. The molecule has 1 aliphatic heterocycles. The number of benzene rings is 1.